The number of benzene rings is 2. The fourth-order valence-corrected chi connectivity index (χ4v) is 3.83. The van der Waals surface area contributed by atoms with Crippen LogP contribution in [-0.4, -0.2) is 43.4 Å². The van der Waals surface area contributed by atoms with E-state index in [-0.39, 0.29) is 17.6 Å². The van der Waals surface area contributed by atoms with Crippen LogP contribution >= 0.6 is 0 Å². The fourth-order valence-electron chi connectivity index (χ4n) is 3.83. The maximum atomic E-state index is 13.1. The molecule has 1 aliphatic rings. The van der Waals surface area contributed by atoms with Crippen molar-refractivity contribution in [1.29, 1.82) is 0 Å². The van der Waals surface area contributed by atoms with Crippen molar-refractivity contribution in [3.05, 3.63) is 60.4 Å². The van der Waals surface area contributed by atoms with Gasteiger partial charge in [0.2, 0.25) is 5.91 Å². The second-order valence-electron chi connectivity index (χ2n) is 7.63. The summed E-state index contributed by atoms with van der Waals surface area (Å²) >= 11 is 0. The molecule has 3 aromatic rings. The van der Waals surface area contributed by atoms with Crippen molar-refractivity contribution in [2.24, 2.45) is 5.92 Å². The highest BCUT2D eigenvalue weighted by atomic mass is 19.1. The van der Waals surface area contributed by atoms with Crippen LogP contribution in [-0.2, 0) is 4.79 Å². The van der Waals surface area contributed by atoms with Gasteiger partial charge in [0, 0.05) is 30.4 Å². The van der Waals surface area contributed by atoms with Gasteiger partial charge in [-0.15, -0.1) is 10.2 Å². The first-order chi connectivity index (χ1) is 15.6. The Morgan fingerprint density at radius 2 is 1.81 bits per heavy atom. The molecule has 32 heavy (non-hydrogen) atoms. The van der Waals surface area contributed by atoms with Crippen LogP contribution in [0.3, 0.4) is 0 Å². The molecule has 0 spiro atoms. The lowest BCUT2D eigenvalue weighted by Crippen LogP contribution is -2.41. The summed E-state index contributed by atoms with van der Waals surface area (Å²) in [6.45, 7) is 1.37. The second-order valence-corrected chi connectivity index (χ2v) is 7.63. The van der Waals surface area contributed by atoms with E-state index in [1.807, 2.05) is 12.1 Å². The van der Waals surface area contributed by atoms with Crippen molar-refractivity contribution >= 4 is 17.4 Å². The number of hydrogen-bond donors (Lipinski definition) is 1. The zero-order valence-electron chi connectivity index (χ0n) is 18.0. The molecule has 7 nitrogen and oxygen atoms in total. The first-order valence-corrected chi connectivity index (χ1v) is 10.4. The van der Waals surface area contributed by atoms with Gasteiger partial charge in [-0.05, 0) is 61.4 Å². The third kappa shape index (κ3) is 4.80. The minimum Gasteiger partial charge on any atom is -0.493 e. The molecule has 1 saturated heterocycles. The SMILES string of the molecule is COc1ccc(NC(=O)[C@@H]2CCCN(c3ccc(-c4ccc(F)cc4)nn3)C2)cc1OC. The Morgan fingerprint density at radius 3 is 2.50 bits per heavy atom. The van der Waals surface area contributed by atoms with Gasteiger partial charge >= 0.3 is 0 Å². The molecule has 1 fully saturated rings. The highest BCUT2D eigenvalue weighted by molar-refractivity contribution is 5.93. The number of anilines is 2. The Bertz CT molecular complexity index is 1070. The highest BCUT2D eigenvalue weighted by Crippen LogP contribution is 2.30. The molecule has 1 aromatic heterocycles. The summed E-state index contributed by atoms with van der Waals surface area (Å²) < 4.78 is 23.7. The van der Waals surface area contributed by atoms with Crippen LogP contribution in [0.2, 0.25) is 0 Å². The zero-order chi connectivity index (χ0) is 22.5. The maximum absolute atomic E-state index is 13.1. The molecular weight excluding hydrogens is 411 g/mol. The van der Waals surface area contributed by atoms with Crippen LogP contribution in [0.1, 0.15) is 12.8 Å². The number of carbonyl (C=O) groups is 1. The molecule has 1 aliphatic heterocycles. The zero-order valence-corrected chi connectivity index (χ0v) is 18.0. The first-order valence-electron chi connectivity index (χ1n) is 10.4. The monoisotopic (exact) mass is 436 g/mol. The number of nitrogens with one attached hydrogen (secondary N) is 1. The smallest absolute Gasteiger partial charge is 0.229 e. The van der Waals surface area contributed by atoms with Crippen molar-refractivity contribution < 1.29 is 18.7 Å². The van der Waals surface area contributed by atoms with Gasteiger partial charge in [0.1, 0.15) is 5.82 Å². The number of rotatable bonds is 6. The van der Waals surface area contributed by atoms with Crippen molar-refractivity contribution in [2.75, 3.05) is 37.5 Å². The van der Waals surface area contributed by atoms with E-state index in [2.05, 4.69) is 20.4 Å². The predicted molar refractivity (Wildman–Crippen MR) is 121 cm³/mol. The molecule has 0 unspecified atom stereocenters. The van der Waals surface area contributed by atoms with Gasteiger partial charge in [-0.2, -0.15) is 0 Å². The first kappa shape index (κ1) is 21.5. The second kappa shape index (κ2) is 9.64. The van der Waals surface area contributed by atoms with Crippen molar-refractivity contribution in [3.63, 3.8) is 0 Å². The summed E-state index contributed by atoms with van der Waals surface area (Å²) in [5.74, 6) is 1.39. The van der Waals surface area contributed by atoms with E-state index >= 15 is 0 Å². The Morgan fingerprint density at radius 1 is 1.03 bits per heavy atom. The Labute approximate surface area is 186 Å². The average Bonchev–Trinajstić information content (AvgIpc) is 2.84. The van der Waals surface area contributed by atoms with E-state index < -0.39 is 0 Å². The van der Waals surface area contributed by atoms with Crippen molar-refractivity contribution in [1.82, 2.24) is 10.2 Å². The summed E-state index contributed by atoms with van der Waals surface area (Å²) in [5.41, 5.74) is 2.14. The topological polar surface area (TPSA) is 76.6 Å². The van der Waals surface area contributed by atoms with Crippen molar-refractivity contribution in [2.45, 2.75) is 12.8 Å². The number of carbonyl (C=O) groups excluding carboxylic acids is 1. The largest absolute Gasteiger partial charge is 0.493 e. The molecule has 0 aliphatic carbocycles. The third-order valence-corrected chi connectivity index (χ3v) is 5.56. The van der Waals surface area contributed by atoms with E-state index in [4.69, 9.17) is 9.47 Å². The van der Waals surface area contributed by atoms with Crippen molar-refractivity contribution in [3.8, 4) is 22.8 Å². The molecule has 0 saturated carbocycles. The summed E-state index contributed by atoms with van der Waals surface area (Å²) in [6.07, 6.45) is 1.68. The fraction of sp³-hybridized carbons (Fsp3) is 0.292. The Balaban J connectivity index is 1.41. The van der Waals surface area contributed by atoms with E-state index in [0.717, 1.165) is 30.8 Å². The number of hydrogen-bond acceptors (Lipinski definition) is 6. The molecule has 2 aromatic carbocycles. The summed E-state index contributed by atoms with van der Waals surface area (Å²) in [7, 11) is 3.13. The molecule has 0 radical (unpaired) electrons. The molecule has 1 amide bonds. The summed E-state index contributed by atoms with van der Waals surface area (Å²) in [4.78, 5) is 15.0. The van der Waals surface area contributed by atoms with Gasteiger partial charge in [0.05, 0.1) is 25.8 Å². The molecule has 4 rings (SSSR count). The third-order valence-electron chi connectivity index (χ3n) is 5.56. The molecular formula is C24H25FN4O3. The number of methoxy groups -OCH3 is 2. The van der Waals surface area contributed by atoms with Crippen LogP contribution in [0.25, 0.3) is 11.3 Å². The predicted octanol–water partition coefficient (Wildman–Crippen LogP) is 4.16. The Kier molecular flexibility index (Phi) is 6.49. The van der Waals surface area contributed by atoms with Gasteiger partial charge in [0.15, 0.2) is 17.3 Å². The van der Waals surface area contributed by atoms with Gasteiger partial charge in [0.25, 0.3) is 0 Å². The lowest BCUT2D eigenvalue weighted by molar-refractivity contribution is -0.120. The standard InChI is InChI=1S/C24H25FN4O3/c1-31-21-11-9-19(14-22(21)32-2)26-24(30)17-4-3-13-29(15-17)23-12-10-20(27-28-23)16-5-7-18(25)8-6-16/h5-12,14,17H,3-4,13,15H2,1-2H3,(H,26,30)/t17-/m1/s1. The maximum Gasteiger partial charge on any atom is 0.229 e. The van der Waals surface area contributed by atoms with Gasteiger partial charge < -0.3 is 19.7 Å². The number of piperidine rings is 1. The average molecular weight is 436 g/mol. The number of nitrogens with zero attached hydrogens (tertiary/aromatic N) is 3. The molecule has 0 bridgehead atoms. The van der Waals surface area contributed by atoms with E-state index in [9.17, 15) is 9.18 Å². The molecule has 8 heteroatoms. The summed E-state index contributed by atoms with van der Waals surface area (Å²) in [5, 5.41) is 11.6. The summed E-state index contributed by atoms with van der Waals surface area (Å²) in [6, 6.07) is 15.2. The van der Waals surface area contributed by atoms with Crippen LogP contribution in [0, 0.1) is 11.7 Å². The minimum absolute atomic E-state index is 0.0437. The molecule has 2 heterocycles. The minimum atomic E-state index is -0.288. The molecule has 166 valence electrons. The highest BCUT2D eigenvalue weighted by Gasteiger charge is 2.27. The van der Waals surface area contributed by atoms with Crippen LogP contribution in [0.5, 0.6) is 11.5 Å². The van der Waals surface area contributed by atoms with E-state index in [1.54, 1.807) is 44.6 Å². The quantitative estimate of drug-likeness (QED) is 0.626. The number of halogens is 1. The molecule has 1 N–H and O–H groups in total. The Hall–Kier alpha value is -3.68. The molecule has 1 atom stereocenters. The number of ether oxygens (including phenoxy) is 2. The van der Waals surface area contributed by atoms with Crippen LogP contribution < -0.4 is 19.7 Å². The van der Waals surface area contributed by atoms with Crippen LogP contribution in [0.15, 0.2) is 54.6 Å². The van der Waals surface area contributed by atoms with Gasteiger partial charge in [-0.1, -0.05) is 0 Å². The lowest BCUT2D eigenvalue weighted by atomic mass is 9.97. The normalized spacial score (nSPS) is 15.8. The van der Waals surface area contributed by atoms with Crippen LogP contribution in [0.4, 0.5) is 15.9 Å². The lowest BCUT2D eigenvalue weighted by Gasteiger charge is -2.32. The number of aromatic nitrogens is 2. The van der Waals surface area contributed by atoms with Gasteiger partial charge in [-0.25, -0.2) is 4.39 Å². The van der Waals surface area contributed by atoms with E-state index in [0.29, 0.717) is 29.4 Å². The van der Waals surface area contributed by atoms with E-state index in [1.165, 1.54) is 12.1 Å². The number of amides is 1. The van der Waals surface area contributed by atoms with Gasteiger partial charge in [-0.3, -0.25) is 4.79 Å².